The van der Waals surface area contributed by atoms with Gasteiger partial charge in [-0.15, -0.1) is 0 Å². The van der Waals surface area contributed by atoms with E-state index < -0.39 is 0 Å². The van der Waals surface area contributed by atoms with Gasteiger partial charge in [0, 0.05) is 46.5 Å². The van der Waals surface area contributed by atoms with Gasteiger partial charge in [0.2, 0.25) is 5.88 Å². The second-order valence-electron chi connectivity index (χ2n) is 4.39. The summed E-state index contributed by atoms with van der Waals surface area (Å²) in [5.41, 5.74) is 1.08. The second kappa shape index (κ2) is 6.83. The topological polar surface area (TPSA) is 41.0 Å². The lowest BCUT2D eigenvalue weighted by Gasteiger charge is -2.22. The molecular formula is C13H22N4O. The molecule has 0 aliphatic heterocycles. The van der Waals surface area contributed by atoms with Crippen molar-refractivity contribution in [2.24, 2.45) is 4.99 Å². The summed E-state index contributed by atoms with van der Waals surface area (Å²) < 4.78 is 5.22. The van der Waals surface area contributed by atoms with Crippen LogP contribution in [0.2, 0.25) is 0 Å². The highest BCUT2D eigenvalue weighted by molar-refractivity contribution is 5.79. The van der Waals surface area contributed by atoms with Crippen molar-refractivity contribution in [3.63, 3.8) is 0 Å². The van der Waals surface area contributed by atoms with Crippen LogP contribution in [0.1, 0.15) is 5.56 Å². The Bertz CT molecular complexity index is 392. The fourth-order valence-corrected chi connectivity index (χ4v) is 1.76. The van der Waals surface area contributed by atoms with Crippen molar-refractivity contribution in [2.75, 3.05) is 41.8 Å². The average molecular weight is 250 g/mol. The lowest BCUT2D eigenvalue weighted by atomic mass is 10.2. The molecule has 0 amide bonds. The number of rotatable bonds is 4. The van der Waals surface area contributed by atoms with Crippen molar-refractivity contribution >= 4 is 5.96 Å². The van der Waals surface area contributed by atoms with E-state index in [2.05, 4.69) is 9.98 Å². The Morgan fingerprint density at radius 2 is 1.94 bits per heavy atom. The van der Waals surface area contributed by atoms with Crippen LogP contribution in [0.5, 0.6) is 5.88 Å². The molecule has 1 aromatic heterocycles. The third kappa shape index (κ3) is 3.91. The van der Waals surface area contributed by atoms with Crippen LogP contribution in [0.25, 0.3) is 0 Å². The summed E-state index contributed by atoms with van der Waals surface area (Å²) in [5, 5.41) is 0. The molecule has 0 saturated heterocycles. The molecule has 0 radical (unpaired) electrons. The van der Waals surface area contributed by atoms with Crippen molar-refractivity contribution in [3.05, 3.63) is 23.9 Å². The quantitative estimate of drug-likeness (QED) is 0.593. The first kappa shape index (κ1) is 14.3. The largest absolute Gasteiger partial charge is 0.481 e. The molecule has 0 atom stereocenters. The monoisotopic (exact) mass is 250 g/mol. The van der Waals surface area contributed by atoms with Crippen molar-refractivity contribution in [3.8, 4) is 5.88 Å². The zero-order chi connectivity index (χ0) is 13.5. The maximum Gasteiger partial charge on any atom is 0.216 e. The van der Waals surface area contributed by atoms with Crippen LogP contribution in [-0.4, -0.2) is 62.6 Å². The van der Waals surface area contributed by atoms with Gasteiger partial charge in [-0.1, -0.05) is 6.07 Å². The molecule has 0 bridgehead atoms. The van der Waals surface area contributed by atoms with E-state index >= 15 is 0 Å². The van der Waals surface area contributed by atoms with Gasteiger partial charge in [-0.05, 0) is 12.5 Å². The Balaban J connectivity index is 2.67. The lowest BCUT2D eigenvalue weighted by Crippen LogP contribution is -2.35. The Morgan fingerprint density at radius 1 is 1.28 bits per heavy atom. The van der Waals surface area contributed by atoms with Crippen LogP contribution in [-0.2, 0) is 6.42 Å². The van der Waals surface area contributed by atoms with E-state index in [-0.39, 0.29) is 0 Å². The normalized spacial score (nSPS) is 9.83. The molecule has 1 rings (SSSR count). The first-order chi connectivity index (χ1) is 8.56. The van der Waals surface area contributed by atoms with E-state index in [9.17, 15) is 0 Å². The summed E-state index contributed by atoms with van der Waals surface area (Å²) >= 11 is 0. The van der Waals surface area contributed by atoms with Crippen LogP contribution in [0.15, 0.2) is 23.3 Å². The Hall–Kier alpha value is -1.78. The number of pyridine rings is 1. The predicted octanol–water partition coefficient (Wildman–Crippen LogP) is 1.11. The van der Waals surface area contributed by atoms with Crippen LogP contribution in [0.3, 0.4) is 0 Å². The third-order valence-electron chi connectivity index (χ3n) is 2.48. The number of guanidine groups is 1. The summed E-state index contributed by atoms with van der Waals surface area (Å²) in [5.74, 6) is 1.64. The number of methoxy groups -OCH3 is 1. The van der Waals surface area contributed by atoms with Crippen LogP contribution in [0, 0.1) is 0 Å². The fraction of sp³-hybridized carbons (Fsp3) is 0.538. The summed E-state index contributed by atoms with van der Waals surface area (Å²) in [7, 11) is 9.60. The maximum absolute atomic E-state index is 5.22. The van der Waals surface area contributed by atoms with Crippen LogP contribution in [0.4, 0.5) is 0 Å². The maximum atomic E-state index is 5.22. The highest BCUT2D eigenvalue weighted by atomic mass is 16.5. The summed E-state index contributed by atoms with van der Waals surface area (Å²) in [4.78, 5) is 12.8. The number of hydrogen-bond donors (Lipinski definition) is 0. The average Bonchev–Trinajstić information content (AvgIpc) is 2.34. The lowest BCUT2D eigenvalue weighted by molar-refractivity contribution is 0.392. The number of nitrogens with zero attached hydrogens (tertiary/aromatic N) is 4. The zero-order valence-corrected chi connectivity index (χ0v) is 11.8. The molecule has 0 aliphatic carbocycles. The molecule has 0 fully saturated rings. The SMILES string of the molecule is COc1ncccc1CCN=C(N(C)C)N(C)C. The molecule has 0 saturated carbocycles. The van der Waals surface area contributed by atoms with Gasteiger partial charge < -0.3 is 14.5 Å². The van der Waals surface area contributed by atoms with Gasteiger partial charge in [0.1, 0.15) is 0 Å². The molecule has 1 aromatic rings. The molecule has 5 nitrogen and oxygen atoms in total. The third-order valence-corrected chi connectivity index (χ3v) is 2.48. The molecule has 5 heteroatoms. The van der Waals surface area contributed by atoms with Gasteiger partial charge in [0.05, 0.1) is 7.11 Å². The second-order valence-corrected chi connectivity index (χ2v) is 4.39. The molecule has 0 unspecified atom stereocenters. The molecule has 18 heavy (non-hydrogen) atoms. The van der Waals surface area contributed by atoms with E-state index in [1.165, 1.54) is 0 Å². The highest BCUT2D eigenvalue weighted by Gasteiger charge is 2.05. The van der Waals surface area contributed by atoms with Gasteiger partial charge in [-0.3, -0.25) is 4.99 Å². The standard InChI is InChI=1S/C13H22N4O/c1-16(2)13(17(3)4)15-10-8-11-7-6-9-14-12(11)18-5/h6-7,9H,8,10H2,1-5H3. The minimum Gasteiger partial charge on any atom is -0.481 e. The number of aromatic nitrogens is 1. The van der Waals surface area contributed by atoms with E-state index in [4.69, 9.17) is 4.74 Å². The summed E-state index contributed by atoms with van der Waals surface area (Å²) in [6.45, 7) is 0.716. The Labute approximate surface area is 109 Å². The van der Waals surface area contributed by atoms with Gasteiger partial charge in [-0.2, -0.15) is 0 Å². The van der Waals surface area contributed by atoms with E-state index in [1.807, 2.05) is 50.1 Å². The minimum absolute atomic E-state index is 0.684. The molecular weight excluding hydrogens is 228 g/mol. The number of hydrogen-bond acceptors (Lipinski definition) is 3. The minimum atomic E-state index is 0.684. The van der Waals surface area contributed by atoms with E-state index in [1.54, 1.807) is 13.3 Å². The summed E-state index contributed by atoms with van der Waals surface area (Å²) in [6.07, 6.45) is 2.55. The fourth-order valence-electron chi connectivity index (χ4n) is 1.76. The Morgan fingerprint density at radius 3 is 2.50 bits per heavy atom. The van der Waals surface area contributed by atoms with Gasteiger partial charge >= 0.3 is 0 Å². The van der Waals surface area contributed by atoms with Crippen molar-refractivity contribution in [2.45, 2.75) is 6.42 Å². The smallest absolute Gasteiger partial charge is 0.216 e. The Kier molecular flexibility index (Phi) is 5.42. The molecule has 100 valence electrons. The van der Waals surface area contributed by atoms with Crippen molar-refractivity contribution < 1.29 is 4.74 Å². The van der Waals surface area contributed by atoms with Crippen LogP contribution >= 0.6 is 0 Å². The number of ether oxygens (including phenoxy) is 1. The first-order valence-electron chi connectivity index (χ1n) is 5.93. The van der Waals surface area contributed by atoms with E-state index in [0.29, 0.717) is 12.4 Å². The zero-order valence-electron chi connectivity index (χ0n) is 11.8. The molecule has 0 aromatic carbocycles. The number of aliphatic imine (C=N–C) groups is 1. The summed E-state index contributed by atoms with van der Waals surface area (Å²) in [6, 6.07) is 3.94. The van der Waals surface area contributed by atoms with Gasteiger partial charge in [-0.25, -0.2) is 4.98 Å². The van der Waals surface area contributed by atoms with Crippen molar-refractivity contribution in [1.82, 2.24) is 14.8 Å². The van der Waals surface area contributed by atoms with E-state index in [0.717, 1.165) is 17.9 Å². The van der Waals surface area contributed by atoms with Crippen molar-refractivity contribution in [1.29, 1.82) is 0 Å². The highest BCUT2D eigenvalue weighted by Crippen LogP contribution is 2.14. The molecule has 1 heterocycles. The van der Waals surface area contributed by atoms with Crippen LogP contribution < -0.4 is 4.74 Å². The first-order valence-corrected chi connectivity index (χ1v) is 5.93. The van der Waals surface area contributed by atoms with Gasteiger partial charge in [0.15, 0.2) is 5.96 Å². The predicted molar refractivity (Wildman–Crippen MR) is 74.2 cm³/mol. The molecule has 0 N–H and O–H groups in total. The molecule has 0 aliphatic rings. The van der Waals surface area contributed by atoms with Gasteiger partial charge in [0.25, 0.3) is 0 Å². The molecule has 0 spiro atoms.